The van der Waals surface area contributed by atoms with Crippen molar-refractivity contribution in [2.75, 3.05) is 13.2 Å². The molecule has 0 unspecified atom stereocenters. The van der Waals surface area contributed by atoms with Crippen LogP contribution in [0.5, 0.6) is 11.5 Å². The Labute approximate surface area is 154 Å². The number of aromatic nitrogens is 3. The summed E-state index contributed by atoms with van der Waals surface area (Å²) in [6.45, 7) is 1.00. The number of aromatic amines is 1. The van der Waals surface area contributed by atoms with Crippen LogP contribution in [0.1, 0.15) is 15.9 Å². The van der Waals surface area contributed by atoms with Gasteiger partial charge in [0.15, 0.2) is 17.3 Å². The molecule has 1 N–H and O–H groups in total. The number of carbonyl (C=O) groups excluding carboxylic acids is 1. The normalized spacial score (nSPS) is 12.9. The first-order valence-electron chi connectivity index (χ1n) is 8.61. The molecular weight excluding hydrogens is 342 g/mol. The average Bonchev–Trinajstić information content (AvgIpc) is 3.16. The summed E-state index contributed by atoms with van der Waals surface area (Å²) in [6.07, 6.45) is 6.97. The predicted molar refractivity (Wildman–Crippen MR) is 100 cm³/mol. The zero-order valence-corrected chi connectivity index (χ0v) is 14.3. The predicted octanol–water partition coefficient (Wildman–Crippen LogP) is 3.63. The van der Waals surface area contributed by atoms with Crippen molar-refractivity contribution >= 4 is 16.8 Å². The van der Waals surface area contributed by atoms with Crippen molar-refractivity contribution in [2.45, 2.75) is 0 Å². The monoisotopic (exact) mass is 357 g/mol. The van der Waals surface area contributed by atoms with Crippen LogP contribution in [0.3, 0.4) is 0 Å². The van der Waals surface area contributed by atoms with Crippen LogP contribution in [0.4, 0.5) is 0 Å². The first kappa shape index (κ1) is 15.6. The van der Waals surface area contributed by atoms with Gasteiger partial charge in [-0.05, 0) is 30.3 Å². The Morgan fingerprint density at radius 2 is 1.89 bits per heavy atom. The number of fused-ring (bicyclic) bond motifs is 2. The summed E-state index contributed by atoms with van der Waals surface area (Å²) in [4.78, 5) is 24.8. The number of rotatable bonds is 3. The van der Waals surface area contributed by atoms with E-state index >= 15 is 0 Å². The van der Waals surface area contributed by atoms with E-state index < -0.39 is 0 Å². The molecule has 0 spiro atoms. The molecule has 0 radical (unpaired) electrons. The van der Waals surface area contributed by atoms with Crippen LogP contribution in [-0.2, 0) is 0 Å². The van der Waals surface area contributed by atoms with Gasteiger partial charge in [-0.15, -0.1) is 0 Å². The zero-order valence-electron chi connectivity index (χ0n) is 14.3. The van der Waals surface area contributed by atoms with Crippen molar-refractivity contribution in [1.29, 1.82) is 0 Å². The molecule has 0 fully saturated rings. The molecule has 1 aliphatic rings. The molecule has 0 atom stereocenters. The van der Waals surface area contributed by atoms with Crippen LogP contribution in [0, 0.1) is 0 Å². The Morgan fingerprint density at radius 1 is 1.00 bits per heavy atom. The molecule has 0 aliphatic carbocycles. The molecule has 6 nitrogen and oxygen atoms in total. The first-order valence-corrected chi connectivity index (χ1v) is 8.61. The van der Waals surface area contributed by atoms with Crippen molar-refractivity contribution in [3.05, 3.63) is 72.3 Å². The first-order chi connectivity index (χ1) is 13.3. The topological polar surface area (TPSA) is 77.1 Å². The second-order valence-corrected chi connectivity index (χ2v) is 6.25. The lowest BCUT2D eigenvalue weighted by atomic mass is 10.0. The number of nitrogens with zero attached hydrogens (tertiary/aromatic N) is 2. The van der Waals surface area contributed by atoms with Gasteiger partial charge in [0.2, 0.25) is 0 Å². The summed E-state index contributed by atoms with van der Waals surface area (Å²) in [5.41, 5.74) is 3.65. The molecule has 27 heavy (non-hydrogen) atoms. The van der Waals surface area contributed by atoms with E-state index in [0.717, 1.165) is 16.5 Å². The Balaban J connectivity index is 1.57. The van der Waals surface area contributed by atoms with E-state index in [1.807, 2.05) is 18.2 Å². The summed E-state index contributed by atoms with van der Waals surface area (Å²) in [6, 6.07) is 11.1. The quantitative estimate of drug-likeness (QED) is 0.567. The second kappa shape index (κ2) is 6.25. The number of nitrogens with one attached hydrogen (secondary N) is 1. The average molecular weight is 357 g/mol. The van der Waals surface area contributed by atoms with Gasteiger partial charge in [-0.3, -0.25) is 9.78 Å². The fraction of sp³-hybridized carbons (Fsp3) is 0.0952. The molecular formula is C21H15N3O3. The fourth-order valence-electron chi connectivity index (χ4n) is 3.22. The Bertz CT molecular complexity index is 1150. The minimum Gasteiger partial charge on any atom is -0.486 e. The SMILES string of the molecule is O=C(c1ccc2c(c1)OCCO2)c1c[nH]c2ncc(-c3cccnc3)cc12. The lowest BCUT2D eigenvalue weighted by Crippen LogP contribution is -2.15. The molecule has 0 saturated heterocycles. The summed E-state index contributed by atoms with van der Waals surface area (Å²) in [7, 11) is 0. The van der Waals surface area contributed by atoms with Crippen LogP contribution in [0.15, 0.2) is 61.2 Å². The van der Waals surface area contributed by atoms with Gasteiger partial charge in [0.1, 0.15) is 18.9 Å². The van der Waals surface area contributed by atoms with E-state index in [2.05, 4.69) is 15.0 Å². The van der Waals surface area contributed by atoms with Crippen molar-refractivity contribution in [2.24, 2.45) is 0 Å². The Kier molecular flexibility index (Phi) is 3.60. The highest BCUT2D eigenvalue weighted by Crippen LogP contribution is 2.32. The number of hydrogen-bond donors (Lipinski definition) is 1. The van der Waals surface area contributed by atoms with Crippen molar-refractivity contribution in [3.8, 4) is 22.6 Å². The highest BCUT2D eigenvalue weighted by Gasteiger charge is 2.19. The number of benzene rings is 1. The van der Waals surface area contributed by atoms with Crippen LogP contribution < -0.4 is 9.47 Å². The minimum absolute atomic E-state index is 0.0941. The summed E-state index contributed by atoms with van der Waals surface area (Å²) in [5.74, 6) is 1.17. The number of ketones is 1. The molecule has 3 aromatic heterocycles. The molecule has 0 bridgehead atoms. The molecule has 4 aromatic rings. The largest absolute Gasteiger partial charge is 0.486 e. The van der Waals surface area contributed by atoms with Crippen molar-refractivity contribution < 1.29 is 14.3 Å². The fourth-order valence-corrected chi connectivity index (χ4v) is 3.22. The molecule has 5 rings (SSSR count). The van der Waals surface area contributed by atoms with Gasteiger partial charge in [-0.25, -0.2) is 4.98 Å². The maximum atomic E-state index is 13.1. The number of H-pyrrole nitrogens is 1. The smallest absolute Gasteiger partial charge is 0.195 e. The second-order valence-electron chi connectivity index (χ2n) is 6.25. The van der Waals surface area contributed by atoms with Crippen molar-refractivity contribution in [1.82, 2.24) is 15.0 Å². The number of pyridine rings is 2. The zero-order chi connectivity index (χ0) is 18.2. The molecule has 132 valence electrons. The van der Waals surface area contributed by atoms with Gasteiger partial charge < -0.3 is 14.5 Å². The molecule has 0 saturated carbocycles. The number of ether oxygens (including phenoxy) is 2. The maximum Gasteiger partial charge on any atom is 0.195 e. The van der Waals surface area contributed by atoms with E-state index in [1.54, 1.807) is 43.0 Å². The van der Waals surface area contributed by atoms with Crippen LogP contribution in [-0.4, -0.2) is 33.9 Å². The van der Waals surface area contributed by atoms with Gasteiger partial charge in [0, 0.05) is 52.4 Å². The van der Waals surface area contributed by atoms with E-state index in [9.17, 15) is 4.79 Å². The standard InChI is InChI=1S/C21H15N3O3/c25-20(13-3-4-18-19(9-13)27-7-6-26-18)17-12-24-21-16(17)8-15(11-23-21)14-2-1-5-22-10-14/h1-5,8-12H,6-7H2,(H,23,24). The third-order valence-corrected chi connectivity index (χ3v) is 4.57. The third-order valence-electron chi connectivity index (χ3n) is 4.57. The lowest BCUT2D eigenvalue weighted by molar-refractivity contribution is 0.103. The molecule has 0 amide bonds. The molecule has 6 heteroatoms. The van der Waals surface area contributed by atoms with E-state index in [4.69, 9.17) is 9.47 Å². The van der Waals surface area contributed by atoms with Crippen LogP contribution in [0.25, 0.3) is 22.2 Å². The highest BCUT2D eigenvalue weighted by molar-refractivity contribution is 6.16. The van der Waals surface area contributed by atoms with E-state index in [-0.39, 0.29) is 5.78 Å². The highest BCUT2D eigenvalue weighted by atomic mass is 16.6. The van der Waals surface area contributed by atoms with Gasteiger partial charge in [-0.1, -0.05) is 6.07 Å². The van der Waals surface area contributed by atoms with E-state index in [1.165, 1.54) is 0 Å². The Hall–Kier alpha value is -3.67. The number of hydrogen-bond acceptors (Lipinski definition) is 5. The minimum atomic E-state index is -0.0941. The molecule has 4 heterocycles. The van der Waals surface area contributed by atoms with Gasteiger partial charge >= 0.3 is 0 Å². The summed E-state index contributed by atoms with van der Waals surface area (Å²) < 4.78 is 11.1. The van der Waals surface area contributed by atoms with E-state index in [0.29, 0.717) is 41.5 Å². The van der Waals surface area contributed by atoms with Crippen LogP contribution in [0.2, 0.25) is 0 Å². The molecule has 1 aromatic carbocycles. The third kappa shape index (κ3) is 2.71. The van der Waals surface area contributed by atoms with Gasteiger partial charge in [0.25, 0.3) is 0 Å². The van der Waals surface area contributed by atoms with Gasteiger partial charge in [-0.2, -0.15) is 0 Å². The summed E-state index contributed by atoms with van der Waals surface area (Å²) >= 11 is 0. The van der Waals surface area contributed by atoms with Crippen LogP contribution >= 0.6 is 0 Å². The number of carbonyl (C=O) groups is 1. The summed E-state index contributed by atoms with van der Waals surface area (Å²) in [5, 5.41) is 0.774. The lowest BCUT2D eigenvalue weighted by Gasteiger charge is -2.18. The molecule has 1 aliphatic heterocycles. The Morgan fingerprint density at radius 3 is 2.74 bits per heavy atom. The maximum absolute atomic E-state index is 13.1. The van der Waals surface area contributed by atoms with Gasteiger partial charge in [0.05, 0.1) is 0 Å². The van der Waals surface area contributed by atoms with Crippen molar-refractivity contribution in [3.63, 3.8) is 0 Å².